The van der Waals surface area contributed by atoms with Gasteiger partial charge in [0.2, 0.25) is 0 Å². The maximum atomic E-state index is 13.5. The first-order valence-electron chi connectivity index (χ1n) is 8.86. The Balaban J connectivity index is 2.00. The van der Waals surface area contributed by atoms with Crippen LogP contribution in [0.25, 0.3) is 0 Å². The molecule has 0 saturated carbocycles. The summed E-state index contributed by atoms with van der Waals surface area (Å²) in [7, 11) is 4.16. The van der Waals surface area contributed by atoms with Gasteiger partial charge in [-0.2, -0.15) is 0 Å². The van der Waals surface area contributed by atoms with Crippen LogP contribution in [0.15, 0.2) is 54.6 Å². The lowest BCUT2D eigenvalue weighted by molar-refractivity contribution is -0.0317. The number of hydrogen-bond donors (Lipinski definition) is 0. The third-order valence-corrected chi connectivity index (χ3v) is 5.63. The second-order valence-corrected chi connectivity index (χ2v) is 7.67. The van der Waals surface area contributed by atoms with Gasteiger partial charge in [0.05, 0.1) is 6.61 Å². The van der Waals surface area contributed by atoms with Crippen LogP contribution in [-0.4, -0.2) is 30.3 Å². The van der Waals surface area contributed by atoms with Crippen molar-refractivity contribution in [1.82, 2.24) is 4.90 Å². The van der Waals surface area contributed by atoms with Gasteiger partial charge in [-0.1, -0.05) is 54.6 Å². The van der Waals surface area contributed by atoms with Crippen LogP contribution in [0.1, 0.15) is 48.2 Å². The van der Waals surface area contributed by atoms with Crippen LogP contribution in [0.4, 0.5) is 0 Å². The first kappa shape index (κ1) is 17.8. The molecule has 2 aromatic rings. The zero-order valence-corrected chi connectivity index (χ0v) is 15.6. The molecule has 0 amide bonds. The fourth-order valence-corrected chi connectivity index (χ4v) is 3.36. The normalized spacial score (nSPS) is 19.9. The number of rotatable bonds is 6. The third-order valence-electron chi connectivity index (χ3n) is 5.63. The van der Waals surface area contributed by atoms with Crippen molar-refractivity contribution in [3.8, 4) is 0 Å². The second-order valence-electron chi connectivity index (χ2n) is 7.67. The lowest BCUT2D eigenvalue weighted by Gasteiger charge is -2.37. The minimum Gasteiger partial charge on any atom is -0.357 e. The van der Waals surface area contributed by atoms with Crippen molar-refractivity contribution in [2.24, 2.45) is 0 Å². The number of benzene rings is 2. The minimum absolute atomic E-state index is 0.00907. The van der Waals surface area contributed by atoms with E-state index in [0.29, 0.717) is 18.6 Å². The molecule has 3 heteroatoms. The van der Waals surface area contributed by atoms with E-state index < -0.39 is 5.60 Å². The average Bonchev–Trinajstić information content (AvgIpc) is 3.00. The predicted octanol–water partition coefficient (Wildman–Crippen LogP) is 4.42. The van der Waals surface area contributed by atoms with Gasteiger partial charge >= 0.3 is 0 Å². The van der Waals surface area contributed by atoms with Crippen molar-refractivity contribution < 1.29 is 9.53 Å². The summed E-state index contributed by atoms with van der Waals surface area (Å²) in [5, 5.41) is 0. The monoisotopic (exact) mass is 337 g/mol. The van der Waals surface area contributed by atoms with Crippen molar-refractivity contribution in [2.75, 3.05) is 14.1 Å². The number of ether oxygens (including phenoxy) is 1. The second kappa shape index (κ2) is 6.74. The van der Waals surface area contributed by atoms with Crippen LogP contribution in [0.3, 0.4) is 0 Å². The van der Waals surface area contributed by atoms with E-state index in [9.17, 15) is 4.79 Å². The van der Waals surface area contributed by atoms with Crippen LogP contribution in [0, 0.1) is 0 Å². The van der Waals surface area contributed by atoms with Gasteiger partial charge in [0.25, 0.3) is 0 Å². The molecule has 1 aliphatic rings. The van der Waals surface area contributed by atoms with E-state index in [1.807, 2.05) is 48.5 Å². The number of carbonyl (C=O) groups is 1. The van der Waals surface area contributed by atoms with Gasteiger partial charge in [-0.25, -0.2) is 0 Å². The molecular weight excluding hydrogens is 310 g/mol. The smallest absolute Gasteiger partial charge is 0.199 e. The number of hydrogen-bond acceptors (Lipinski definition) is 3. The summed E-state index contributed by atoms with van der Waals surface area (Å²) in [4.78, 5) is 15.7. The molecule has 2 aromatic carbocycles. The maximum absolute atomic E-state index is 13.5. The van der Waals surface area contributed by atoms with Gasteiger partial charge < -0.3 is 9.64 Å². The number of carbonyl (C=O) groups excluding carboxylic acids is 1. The molecule has 1 atom stereocenters. The molecule has 0 aliphatic carbocycles. The SMILES string of the molecule is CN(C)C(C)(C)CCC1(C(=O)c2ccccc2)OCc2ccccc21. The number of nitrogens with zero attached hydrogens (tertiary/aromatic N) is 1. The molecule has 3 rings (SSSR count). The molecule has 0 radical (unpaired) electrons. The van der Waals surface area contributed by atoms with Crippen molar-refractivity contribution in [2.45, 2.75) is 44.4 Å². The Hall–Kier alpha value is -1.97. The quantitative estimate of drug-likeness (QED) is 0.731. The number of Topliss-reactive ketones (excluding diaryl/α,β-unsaturated/α-hetero) is 1. The Labute approximate surface area is 150 Å². The van der Waals surface area contributed by atoms with E-state index in [1.54, 1.807) is 0 Å². The van der Waals surface area contributed by atoms with Gasteiger partial charge in [0, 0.05) is 11.1 Å². The molecule has 3 nitrogen and oxygen atoms in total. The molecular formula is C22H27NO2. The van der Waals surface area contributed by atoms with Gasteiger partial charge in [-0.05, 0) is 51.9 Å². The molecule has 0 saturated heterocycles. The highest BCUT2D eigenvalue weighted by Crippen LogP contribution is 2.43. The molecule has 1 heterocycles. The lowest BCUT2D eigenvalue weighted by Crippen LogP contribution is -2.42. The van der Waals surface area contributed by atoms with Crippen LogP contribution in [0.5, 0.6) is 0 Å². The molecule has 1 aliphatic heterocycles. The van der Waals surface area contributed by atoms with E-state index in [1.165, 1.54) is 0 Å². The number of fused-ring (bicyclic) bond motifs is 1. The molecule has 132 valence electrons. The summed E-state index contributed by atoms with van der Waals surface area (Å²) in [6.07, 6.45) is 1.54. The molecule has 0 aromatic heterocycles. The average molecular weight is 337 g/mol. The van der Waals surface area contributed by atoms with Gasteiger partial charge in [0.1, 0.15) is 0 Å². The fourth-order valence-electron chi connectivity index (χ4n) is 3.36. The largest absolute Gasteiger partial charge is 0.357 e. The summed E-state index contributed by atoms with van der Waals surface area (Å²) < 4.78 is 6.23. The topological polar surface area (TPSA) is 29.5 Å². The first-order valence-corrected chi connectivity index (χ1v) is 8.86. The maximum Gasteiger partial charge on any atom is 0.199 e. The van der Waals surface area contributed by atoms with E-state index in [-0.39, 0.29) is 11.3 Å². The Kier molecular flexibility index (Phi) is 4.81. The lowest BCUT2D eigenvalue weighted by atomic mass is 9.79. The molecule has 1 unspecified atom stereocenters. The molecule has 0 fully saturated rings. The zero-order valence-electron chi connectivity index (χ0n) is 15.6. The van der Waals surface area contributed by atoms with Crippen molar-refractivity contribution >= 4 is 5.78 Å². The van der Waals surface area contributed by atoms with Crippen LogP contribution in [-0.2, 0) is 16.9 Å². The van der Waals surface area contributed by atoms with E-state index in [0.717, 1.165) is 17.5 Å². The molecule has 0 bridgehead atoms. The highest BCUT2D eigenvalue weighted by atomic mass is 16.5. The zero-order chi connectivity index (χ0) is 18.1. The Morgan fingerprint density at radius 3 is 2.40 bits per heavy atom. The first-order chi connectivity index (χ1) is 11.9. The summed E-state index contributed by atoms with van der Waals surface area (Å²) in [5.74, 6) is 0.0626. The van der Waals surface area contributed by atoms with Crippen LogP contribution >= 0.6 is 0 Å². The Morgan fingerprint density at radius 2 is 1.72 bits per heavy atom. The minimum atomic E-state index is -0.884. The van der Waals surface area contributed by atoms with Gasteiger partial charge in [-0.15, -0.1) is 0 Å². The summed E-state index contributed by atoms with van der Waals surface area (Å²) in [6.45, 7) is 4.90. The Bertz CT molecular complexity index is 752. The summed E-state index contributed by atoms with van der Waals surface area (Å²) >= 11 is 0. The van der Waals surface area contributed by atoms with Crippen molar-refractivity contribution in [1.29, 1.82) is 0 Å². The fraction of sp³-hybridized carbons (Fsp3) is 0.409. The highest BCUT2D eigenvalue weighted by Gasteiger charge is 2.47. The van der Waals surface area contributed by atoms with Crippen molar-refractivity contribution in [3.05, 3.63) is 71.3 Å². The van der Waals surface area contributed by atoms with Crippen LogP contribution < -0.4 is 0 Å². The van der Waals surface area contributed by atoms with E-state index in [4.69, 9.17) is 4.74 Å². The summed E-state index contributed by atoms with van der Waals surface area (Å²) in [5.41, 5.74) is 1.96. The summed E-state index contributed by atoms with van der Waals surface area (Å²) in [6, 6.07) is 17.6. The third kappa shape index (κ3) is 3.26. The van der Waals surface area contributed by atoms with Crippen molar-refractivity contribution in [3.63, 3.8) is 0 Å². The van der Waals surface area contributed by atoms with Gasteiger partial charge in [0.15, 0.2) is 11.4 Å². The predicted molar refractivity (Wildman–Crippen MR) is 101 cm³/mol. The van der Waals surface area contributed by atoms with E-state index >= 15 is 0 Å². The Morgan fingerprint density at radius 1 is 1.08 bits per heavy atom. The van der Waals surface area contributed by atoms with Crippen LogP contribution in [0.2, 0.25) is 0 Å². The highest BCUT2D eigenvalue weighted by molar-refractivity contribution is 6.03. The standard InChI is InChI=1S/C22H27NO2/c1-21(2,23(3)4)14-15-22(20(24)17-10-6-5-7-11-17)19-13-9-8-12-18(19)16-25-22/h5-13H,14-16H2,1-4H3. The van der Waals surface area contributed by atoms with E-state index in [2.05, 4.69) is 38.9 Å². The molecule has 25 heavy (non-hydrogen) atoms. The molecule has 0 N–H and O–H groups in total. The van der Waals surface area contributed by atoms with Gasteiger partial charge in [-0.3, -0.25) is 4.79 Å². The number of ketones is 1. The molecule has 0 spiro atoms.